The summed E-state index contributed by atoms with van der Waals surface area (Å²) in [6.07, 6.45) is 2.17. The van der Waals surface area contributed by atoms with Crippen LogP contribution in [0.4, 0.5) is 0 Å². The summed E-state index contributed by atoms with van der Waals surface area (Å²) in [5.74, 6) is 0.00243. The zero-order valence-corrected chi connectivity index (χ0v) is 13.2. The highest BCUT2D eigenvalue weighted by Gasteiger charge is 2.23. The second-order valence-electron chi connectivity index (χ2n) is 5.58. The van der Waals surface area contributed by atoms with Gasteiger partial charge in [0.1, 0.15) is 0 Å². The Bertz CT molecular complexity index is 660. The number of amides is 2. The summed E-state index contributed by atoms with van der Waals surface area (Å²) in [4.78, 5) is 26.5. The second-order valence-corrected chi connectivity index (χ2v) is 6.53. The Morgan fingerprint density at radius 1 is 1.23 bits per heavy atom. The van der Waals surface area contributed by atoms with Crippen LogP contribution < -0.4 is 5.32 Å². The van der Waals surface area contributed by atoms with E-state index in [0.29, 0.717) is 18.2 Å². The molecule has 0 spiro atoms. The van der Waals surface area contributed by atoms with Gasteiger partial charge in [-0.3, -0.25) is 9.59 Å². The maximum Gasteiger partial charge on any atom is 0.263 e. The topological polar surface area (TPSA) is 49.4 Å². The molecule has 1 saturated carbocycles. The standard InChI is InChI=1S/C17H18N2O2S/c1-19(17(21)15-3-2-10-22-15)11-12-4-6-13(7-5-12)16(20)18-14-8-9-14/h2-7,10,14H,8-9,11H2,1H3,(H,18,20). The Labute approximate surface area is 133 Å². The fraction of sp³-hybridized carbons (Fsp3) is 0.294. The molecular weight excluding hydrogens is 296 g/mol. The molecule has 5 heteroatoms. The Hall–Kier alpha value is -2.14. The fourth-order valence-electron chi connectivity index (χ4n) is 2.19. The van der Waals surface area contributed by atoms with Crippen LogP contribution in [-0.4, -0.2) is 29.8 Å². The predicted molar refractivity (Wildman–Crippen MR) is 87.0 cm³/mol. The molecular formula is C17H18N2O2S. The molecule has 0 atom stereocenters. The fourth-order valence-corrected chi connectivity index (χ4v) is 2.91. The highest BCUT2D eigenvalue weighted by atomic mass is 32.1. The lowest BCUT2D eigenvalue weighted by molar-refractivity contribution is 0.0789. The Kier molecular flexibility index (Phi) is 4.24. The van der Waals surface area contributed by atoms with Crippen molar-refractivity contribution in [3.8, 4) is 0 Å². The van der Waals surface area contributed by atoms with Crippen LogP contribution >= 0.6 is 11.3 Å². The third-order valence-electron chi connectivity index (χ3n) is 3.63. The van der Waals surface area contributed by atoms with E-state index in [1.807, 2.05) is 41.8 Å². The molecule has 1 fully saturated rings. The lowest BCUT2D eigenvalue weighted by Crippen LogP contribution is -2.26. The van der Waals surface area contributed by atoms with Gasteiger partial charge in [0.05, 0.1) is 4.88 Å². The lowest BCUT2D eigenvalue weighted by atomic mass is 10.1. The summed E-state index contributed by atoms with van der Waals surface area (Å²) in [5, 5.41) is 4.86. The molecule has 1 aromatic carbocycles. The molecule has 22 heavy (non-hydrogen) atoms. The van der Waals surface area contributed by atoms with E-state index in [1.165, 1.54) is 11.3 Å². The normalized spacial score (nSPS) is 13.7. The van der Waals surface area contributed by atoms with E-state index in [1.54, 1.807) is 11.9 Å². The average Bonchev–Trinajstić information content (AvgIpc) is 3.17. The van der Waals surface area contributed by atoms with Gasteiger partial charge in [0.15, 0.2) is 0 Å². The van der Waals surface area contributed by atoms with Crippen molar-refractivity contribution in [1.82, 2.24) is 10.2 Å². The summed E-state index contributed by atoms with van der Waals surface area (Å²) in [5.41, 5.74) is 1.68. The summed E-state index contributed by atoms with van der Waals surface area (Å²) in [7, 11) is 1.79. The molecule has 0 aliphatic heterocycles. The summed E-state index contributed by atoms with van der Waals surface area (Å²) in [6, 6.07) is 11.5. The van der Waals surface area contributed by atoms with Crippen molar-refractivity contribution in [2.24, 2.45) is 0 Å². The van der Waals surface area contributed by atoms with Crippen LogP contribution in [0.15, 0.2) is 41.8 Å². The number of thiophene rings is 1. The van der Waals surface area contributed by atoms with Crippen LogP contribution in [0.25, 0.3) is 0 Å². The minimum absolute atomic E-state index is 0.0166. The van der Waals surface area contributed by atoms with Gasteiger partial charge in [-0.2, -0.15) is 0 Å². The highest BCUT2D eigenvalue weighted by molar-refractivity contribution is 7.12. The van der Waals surface area contributed by atoms with Gasteiger partial charge >= 0.3 is 0 Å². The van der Waals surface area contributed by atoms with Crippen molar-refractivity contribution in [2.75, 3.05) is 7.05 Å². The van der Waals surface area contributed by atoms with Crippen molar-refractivity contribution in [3.63, 3.8) is 0 Å². The van der Waals surface area contributed by atoms with Crippen molar-refractivity contribution < 1.29 is 9.59 Å². The van der Waals surface area contributed by atoms with Crippen LogP contribution in [-0.2, 0) is 6.54 Å². The average molecular weight is 314 g/mol. The number of hydrogen-bond donors (Lipinski definition) is 1. The molecule has 1 heterocycles. The quantitative estimate of drug-likeness (QED) is 0.922. The van der Waals surface area contributed by atoms with E-state index in [2.05, 4.69) is 5.32 Å². The third kappa shape index (κ3) is 3.54. The molecule has 1 aliphatic rings. The van der Waals surface area contributed by atoms with E-state index >= 15 is 0 Å². The first-order valence-corrected chi connectivity index (χ1v) is 8.20. The molecule has 1 aliphatic carbocycles. The van der Waals surface area contributed by atoms with Crippen molar-refractivity contribution in [1.29, 1.82) is 0 Å². The van der Waals surface area contributed by atoms with Gasteiger partial charge < -0.3 is 10.2 Å². The Morgan fingerprint density at radius 3 is 2.55 bits per heavy atom. The van der Waals surface area contributed by atoms with Crippen LogP contribution in [0.3, 0.4) is 0 Å². The number of nitrogens with one attached hydrogen (secondary N) is 1. The summed E-state index contributed by atoms with van der Waals surface area (Å²) >= 11 is 1.44. The highest BCUT2D eigenvalue weighted by Crippen LogP contribution is 2.19. The van der Waals surface area contributed by atoms with Crippen molar-refractivity contribution in [2.45, 2.75) is 25.4 Å². The predicted octanol–water partition coefficient (Wildman–Crippen LogP) is 2.91. The van der Waals surface area contributed by atoms with Crippen LogP contribution in [0.1, 0.15) is 38.4 Å². The number of nitrogens with zero attached hydrogens (tertiary/aromatic N) is 1. The van der Waals surface area contributed by atoms with Gasteiger partial charge in [-0.05, 0) is 42.0 Å². The molecule has 4 nitrogen and oxygen atoms in total. The lowest BCUT2D eigenvalue weighted by Gasteiger charge is -2.16. The summed E-state index contributed by atoms with van der Waals surface area (Å²) < 4.78 is 0. The summed E-state index contributed by atoms with van der Waals surface area (Å²) in [6.45, 7) is 0.529. The van der Waals surface area contributed by atoms with Gasteiger partial charge in [-0.1, -0.05) is 18.2 Å². The van der Waals surface area contributed by atoms with Gasteiger partial charge in [-0.15, -0.1) is 11.3 Å². The molecule has 1 N–H and O–H groups in total. The van der Waals surface area contributed by atoms with E-state index in [9.17, 15) is 9.59 Å². The zero-order valence-electron chi connectivity index (χ0n) is 12.4. The van der Waals surface area contributed by atoms with Crippen LogP contribution in [0.2, 0.25) is 0 Å². The molecule has 0 bridgehead atoms. The molecule has 3 rings (SSSR count). The zero-order chi connectivity index (χ0) is 15.5. The molecule has 0 saturated heterocycles. The van der Waals surface area contributed by atoms with Crippen LogP contribution in [0, 0.1) is 0 Å². The van der Waals surface area contributed by atoms with E-state index in [4.69, 9.17) is 0 Å². The Morgan fingerprint density at radius 2 is 1.95 bits per heavy atom. The second kappa shape index (κ2) is 6.32. The molecule has 114 valence electrons. The number of benzene rings is 1. The minimum Gasteiger partial charge on any atom is -0.349 e. The Balaban J connectivity index is 1.60. The first-order valence-electron chi connectivity index (χ1n) is 7.32. The smallest absolute Gasteiger partial charge is 0.263 e. The molecule has 1 aromatic heterocycles. The first-order chi connectivity index (χ1) is 10.6. The van der Waals surface area contributed by atoms with Gasteiger partial charge in [0.2, 0.25) is 0 Å². The SMILES string of the molecule is CN(Cc1ccc(C(=O)NC2CC2)cc1)C(=O)c1cccs1. The molecule has 2 aromatic rings. The van der Waals surface area contributed by atoms with Gasteiger partial charge in [-0.25, -0.2) is 0 Å². The number of hydrogen-bond acceptors (Lipinski definition) is 3. The number of carbonyl (C=O) groups excluding carboxylic acids is 2. The van der Waals surface area contributed by atoms with Crippen LogP contribution in [0.5, 0.6) is 0 Å². The third-order valence-corrected chi connectivity index (χ3v) is 4.48. The number of carbonyl (C=O) groups is 2. The van der Waals surface area contributed by atoms with E-state index in [0.717, 1.165) is 23.3 Å². The monoisotopic (exact) mass is 314 g/mol. The van der Waals surface area contributed by atoms with Gasteiger partial charge in [0, 0.05) is 25.2 Å². The van der Waals surface area contributed by atoms with Crippen molar-refractivity contribution >= 4 is 23.2 Å². The molecule has 0 unspecified atom stereocenters. The first kappa shape index (κ1) is 14.8. The minimum atomic E-state index is -0.0166. The van der Waals surface area contributed by atoms with E-state index < -0.39 is 0 Å². The molecule has 0 radical (unpaired) electrons. The largest absolute Gasteiger partial charge is 0.349 e. The van der Waals surface area contributed by atoms with Crippen molar-refractivity contribution in [3.05, 3.63) is 57.8 Å². The maximum atomic E-state index is 12.2. The number of rotatable bonds is 5. The van der Waals surface area contributed by atoms with E-state index in [-0.39, 0.29) is 11.8 Å². The maximum absolute atomic E-state index is 12.2. The molecule has 2 amide bonds. The van der Waals surface area contributed by atoms with Gasteiger partial charge in [0.25, 0.3) is 11.8 Å².